The van der Waals surface area contributed by atoms with Gasteiger partial charge in [0, 0.05) is 25.5 Å². The van der Waals surface area contributed by atoms with E-state index in [4.69, 9.17) is 0 Å². The molecule has 1 atom stereocenters. The lowest BCUT2D eigenvalue weighted by molar-refractivity contribution is -0.119. The molecule has 2 aromatic rings. The molecule has 1 aliphatic rings. The molecule has 9 heteroatoms. The van der Waals surface area contributed by atoms with E-state index in [0.29, 0.717) is 0 Å². The standard InChI is InChI=1S/C20H17F4N3O2/c1-11(12-5-3-2-4-6-12)10-25-20(29)15-7-8-16(28)27(26-15)19-17(23)13(21)9-14(22)18(19)24/h2-6,9,11H,7-8,10H2,1H3,(H,25,29)/t11-/m1/s1. The fourth-order valence-electron chi connectivity index (χ4n) is 2.89. The zero-order valence-corrected chi connectivity index (χ0v) is 15.4. The third kappa shape index (κ3) is 4.28. The molecule has 1 aliphatic heterocycles. The molecule has 1 N–H and O–H groups in total. The van der Waals surface area contributed by atoms with Gasteiger partial charge in [-0.25, -0.2) is 17.6 Å². The maximum absolute atomic E-state index is 14.0. The van der Waals surface area contributed by atoms with Gasteiger partial charge in [-0.1, -0.05) is 37.3 Å². The summed E-state index contributed by atoms with van der Waals surface area (Å²) in [7, 11) is 0. The first-order valence-corrected chi connectivity index (χ1v) is 8.86. The van der Waals surface area contributed by atoms with Gasteiger partial charge in [0.1, 0.15) is 11.4 Å². The predicted octanol–water partition coefficient (Wildman–Crippen LogP) is 3.65. The molecule has 2 aromatic carbocycles. The molecule has 0 fully saturated rings. The molecule has 0 aliphatic carbocycles. The number of rotatable bonds is 5. The molecule has 5 nitrogen and oxygen atoms in total. The number of nitrogens with zero attached hydrogens (tertiary/aromatic N) is 2. The topological polar surface area (TPSA) is 61.8 Å². The lowest BCUT2D eigenvalue weighted by atomic mass is 10.0. The summed E-state index contributed by atoms with van der Waals surface area (Å²) in [5.41, 5.74) is -0.460. The summed E-state index contributed by atoms with van der Waals surface area (Å²) in [5, 5.41) is 6.51. The van der Waals surface area contributed by atoms with Crippen LogP contribution in [0.5, 0.6) is 0 Å². The fourth-order valence-corrected chi connectivity index (χ4v) is 2.89. The van der Waals surface area contributed by atoms with Crippen molar-refractivity contribution in [3.63, 3.8) is 0 Å². The second-order valence-corrected chi connectivity index (χ2v) is 6.59. The van der Waals surface area contributed by atoms with Gasteiger partial charge in [-0.05, 0) is 11.5 Å². The lowest BCUT2D eigenvalue weighted by Gasteiger charge is -2.24. The lowest BCUT2D eigenvalue weighted by Crippen LogP contribution is -2.40. The van der Waals surface area contributed by atoms with E-state index in [0.717, 1.165) is 5.56 Å². The maximum atomic E-state index is 14.0. The summed E-state index contributed by atoms with van der Waals surface area (Å²) in [6.07, 6.45) is -0.362. The summed E-state index contributed by atoms with van der Waals surface area (Å²) in [6.45, 7) is 2.15. The summed E-state index contributed by atoms with van der Waals surface area (Å²) < 4.78 is 55.0. The Balaban J connectivity index is 1.81. The van der Waals surface area contributed by atoms with Crippen molar-refractivity contribution in [1.29, 1.82) is 0 Å². The zero-order chi connectivity index (χ0) is 21.1. The first-order chi connectivity index (χ1) is 13.8. The summed E-state index contributed by atoms with van der Waals surface area (Å²) >= 11 is 0. The van der Waals surface area contributed by atoms with Crippen LogP contribution in [-0.4, -0.2) is 24.1 Å². The highest BCUT2D eigenvalue weighted by atomic mass is 19.2. The van der Waals surface area contributed by atoms with Crippen molar-refractivity contribution >= 4 is 23.2 Å². The minimum atomic E-state index is -1.76. The average molecular weight is 407 g/mol. The van der Waals surface area contributed by atoms with Gasteiger partial charge in [0.15, 0.2) is 23.3 Å². The normalized spacial score (nSPS) is 15.1. The highest BCUT2D eigenvalue weighted by Crippen LogP contribution is 2.30. The second-order valence-electron chi connectivity index (χ2n) is 6.59. The Morgan fingerprint density at radius 3 is 2.34 bits per heavy atom. The van der Waals surface area contributed by atoms with Crippen molar-refractivity contribution in [3.8, 4) is 0 Å². The second kappa shape index (κ2) is 8.42. The van der Waals surface area contributed by atoms with Crippen LogP contribution in [0.1, 0.15) is 31.2 Å². The van der Waals surface area contributed by atoms with Crippen LogP contribution >= 0.6 is 0 Å². The van der Waals surface area contributed by atoms with Gasteiger partial charge in [-0.2, -0.15) is 10.1 Å². The third-order valence-corrected chi connectivity index (χ3v) is 4.53. The number of carbonyl (C=O) groups excluding carboxylic acids is 2. The average Bonchev–Trinajstić information content (AvgIpc) is 2.72. The molecule has 152 valence electrons. The van der Waals surface area contributed by atoms with Gasteiger partial charge < -0.3 is 5.32 Å². The number of benzene rings is 2. The number of halogens is 4. The number of amides is 2. The molecule has 1 heterocycles. The van der Waals surface area contributed by atoms with Crippen molar-refractivity contribution in [2.45, 2.75) is 25.7 Å². The van der Waals surface area contributed by atoms with Crippen LogP contribution < -0.4 is 10.3 Å². The number of hydrogen-bond donors (Lipinski definition) is 1. The van der Waals surface area contributed by atoms with Crippen molar-refractivity contribution in [2.75, 3.05) is 11.6 Å². The molecule has 29 heavy (non-hydrogen) atoms. The Labute approximate surface area is 164 Å². The quantitative estimate of drug-likeness (QED) is 0.608. The van der Waals surface area contributed by atoms with E-state index in [1.807, 2.05) is 37.3 Å². The monoisotopic (exact) mass is 407 g/mol. The molecular formula is C20H17F4N3O2. The molecular weight excluding hydrogens is 390 g/mol. The van der Waals surface area contributed by atoms with Gasteiger partial charge in [-0.3, -0.25) is 9.59 Å². The Kier molecular flexibility index (Phi) is 5.95. The van der Waals surface area contributed by atoms with Crippen molar-refractivity contribution in [2.24, 2.45) is 5.10 Å². The zero-order valence-electron chi connectivity index (χ0n) is 15.4. The molecule has 0 unspecified atom stereocenters. The molecule has 2 amide bonds. The highest BCUT2D eigenvalue weighted by Gasteiger charge is 2.32. The highest BCUT2D eigenvalue weighted by molar-refractivity contribution is 6.40. The Bertz CT molecular complexity index is 953. The molecule has 0 spiro atoms. The van der Waals surface area contributed by atoms with E-state index in [1.54, 1.807) is 0 Å². The Morgan fingerprint density at radius 1 is 1.10 bits per heavy atom. The van der Waals surface area contributed by atoms with Gasteiger partial charge >= 0.3 is 0 Å². The summed E-state index contributed by atoms with van der Waals surface area (Å²) in [4.78, 5) is 24.5. The first kappa shape index (κ1) is 20.5. The van der Waals surface area contributed by atoms with E-state index in [1.165, 1.54) is 0 Å². The molecule has 0 saturated heterocycles. The van der Waals surface area contributed by atoms with E-state index in [-0.39, 0.29) is 42.1 Å². The molecule has 0 radical (unpaired) electrons. The Hall–Kier alpha value is -3.23. The van der Waals surface area contributed by atoms with E-state index < -0.39 is 40.8 Å². The van der Waals surface area contributed by atoms with Crippen LogP contribution in [0, 0.1) is 23.3 Å². The number of carbonyl (C=O) groups is 2. The third-order valence-electron chi connectivity index (χ3n) is 4.53. The van der Waals surface area contributed by atoms with Crippen molar-refractivity contribution < 1.29 is 27.2 Å². The van der Waals surface area contributed by atoms with Crippen LogP contribution in [0.15, 0.2) is 41.5 Å². The number of hydrogen-bond acceptors (Lipinski definition) is 3. The van der Waals surface area contributed by atoms with Crippen LogP contribution in [-0.2, 0) is 9.59 Å². The fraction of sp³-hybridized carbons (Fsp3) is 0.250. The molecule has 0 bridgehead atoms. The minimum absolute atomic E-state index is 0.0192. The molecule has 0 saturated carbocycles. The number of hydrazone groups is 1. The van der Waals surface area contributed by atoms with E-state index in [9.17, 15) is 27.2 Å². The van der Waals surface area contributed by atoms with Crippen LogP contribution in [0.3, 0.4) is 0 Å². The number of nitrogens with one attached hydrogen (secondary N) is 1. The van der Waals surface area contributed by atoms with Gasteiger partial charge in [0.25, 0.3) is 5.91 Å². The SMILES string of the molecule is C[C@H](CNC(=O)C1=NN(c2c(F)c(F)cc(F)c2F)C(=O)CC1)c1ccccc1. The maximum Gasteiger partial charge on any atom is 0.267 e. The van der Waals surface area contributed by atoms with Crippen LogP contribution in [0.4, 0.5) is 23.2 Å². The Morgan fingerprint density at radius 2 is 1.72 bits per heavy atom. The minimum Gasteiger partial charge on any atom is -0.350 e. The first-order valence-electron chi connectivity index (χ1n) is 8.86. The van der Waals surface area contributed by atoms with E-state index in [2.05, 4.69) is 10.4 Å². The van der Waals surface area contributed by atoms with Crippen LogP contribution in [0.25, 0.3) is 0 Å². The van der Waals surface area contributed by atoms with Gasteiger partial charge in [0.2, 0.25) is 5.91 Å². The predicted molar refractivity (Wildman–Crippen MR) is 98.3 cm³/mol. The molecule has 0 aromatic heterocycles. The van der Waals surface area contributed by atoms with Gasteiger partial charge in [0.05, 0.1) is 0 Å². The molecule has 3 rings (SSSR count). The van der Waals surface area contributed by atoms with E-state index >= 15 is 0 Å². The number of anilines is 1. The van der Waals surface area contributed by atoms with Crippen molar-refractivity contribution in [3.05, 3.63) is 65.2 Å². The largest absolute Gasteiger partial charge is 0.350 e. The van der Waals surface area contributed by atoms with Gasteiger partial charge in [-0.15, -0.1) is 0 Å². The smallest absolute Gasteiger partial charge is 0.267 e. The van der Waals surface area contributed by atoms with Crippen LogP contribution in [0.2, 0.25) is 0 Å². The summed E-state index contributed by atoms with van der Waals surface area (Å²) in [5.74, 6) is -8.41. The van der Waals surface area contributed by atoms with Crippen molar-refractivity contribution in [1.82, 2.24) is 5.32 Å². The summed E-state index contributed by atoms with van der Waals surface area (Å²) in [6, 6.07) is 9.43.